The highest BCUT2D eigenvalue weighted by Crippen LogP contribution is 2.37. The molecule has 0 saturated carbocycles. The second kappa shape index (κ2) is 3.30. The van der Waals surface area contributed by atoms with Crippen LogP contribution in [0, 0.1) is 5.92 Å². The zero-order valence-corrected chi connectivity index (χ0v) is 9.21. The fraction of sp³-hybridized carbons (Fsp3) is 0.538. The first kappa shape index (κ1) is 9.57. The summed E-state index contributed by atoms with van der Waals surface area (Å²) in [4.78, 5) is 0. The quantitative estimate of drug-likeness (QED) is 0.659. The van der Waals surface area contributed by atoms with Gasteiger partial charge in [0.2, 0.25) is 0 Å². The summed E-state index contributed by atoms with van der Waals surface area (Å²) in [7, 11) is 0. The van der Waals surface area contributed by atoms with Gasteiger partial charge in [0.1, 0.15) is 11.4 Å². The van der Waals surface area contributed by atoms with Crippen LogP contribution in [0.25, 0.3) is 0 Å². The van der Waals surface area contributed by atoms with Crippen LogP contribution in [0.5, 0.6) is 5.75 Å². The molecule has 0 amide bonds. The second-order valence-electron chi connectivity index (χ2n) is 4.62. The lowest BCUT2D eigenvalue weighted by Gasteiger charge is -2.39. The Kier molecular flexibility index (Phi) is 2.26. The minimum Gasteiger partial charge on any atom is -0.487 e. The smallest absolute Gasteiger partial charge is 0.123 e. The Hall–Kier alpha value is -0.980. The Balaban J connectivity index is 2.35. The van der Waals surface area contributed by atoms with Crippen LogP contribution in [0.1, 0.15) is 32.8 Å². The molecule has 1 aliphatic rings. The highest BCUT2D eigenvalue weighted by Gasteiger charge is 2.35. The molecule has 0 aliphatic carbocycles. The standard InChI is InChI=1S/C13H18O/c1-4-11-9-10-7-5-6-8-12(10)14-13(11,2)3/h5-8,11H,4,9H2,1-3H3/t11-/m0/s1. The van der Waals surface area contributed by atoms with Gasteiger partial charge in [-0.3, -0.25) is 0 Å². The maximum atomic E-state index is 6.02. The summed E-state index contributed by atoms with van der Waals surface area (Å²) in [6.07, 6.45) is 2.33. The molecule has 2 rings (SSSR count). The highest BCUT2D eigenvalue weighted by molar-refractivity contribution is 5.36. The molecule has 1 nitrogen and oxygen atoms in total. The third-order valence-corrected chi connectivity index (χ3v) is 3.29. The van der Waals surface area contributed by atoms with Crippen molar-refractivity contribution in [3.8, 4) is 5.75 Å². The van der Waals surface area contributed by atoms with Crippen molar-refractivity contribution in [2.45, 2.75) is 39.2 Å². The monoisotopic (exact) mass is 190 g/mol. The molecule has 1 aromatic rings. The second-order valence-corrected chi connectivity index (χ2v) is 4.62. The van der Waals surface area contributed by atoms with Gasteiger partial charge in [0.15, 0.2) is 0 Å². The highest BCUT2D eigenvalue weighted by atomic mass is 16.5. The van der Waals surface area contributed by atoms with Crippen molar-refractivity contribution in [1.29, 1.82) is 0 Å². The minimum absolute atomic E-state index is 0.0108. The van der Waals surface area contributed by atoms with E-state index in [2.05, 4.69) is 39.0 Å². The van der Waals surface area contributed by atoms with Gasteiger partial charge in [0, 0.05) is 5.92 Å². The van der Waals surface area contributed by atoms with Crippen LogP contribution < -0.4 is 4.74 Å². The summed E-state index contributed by atoms with van der Waals surface area (Å²) in [5.74, 6) is 1.71. The fourth-order valence-corrected chi connectivity index (χ4v) is 2.29. The molecular weight excluding hydrogens is 172 g/mol. The summed E-state index contributed by atoms with van der Waals surface area (Å²) >= 11 is 0. The molecule has 0 radical (unpaired) electrons. The van der Waals surface area contributed by atoms with E-state index in [-0.39, 0.29) is 5.60 Å². The number of hydrogen-bond donors (Lipinski definition) is 0. The van der Waals surface area contributed by atoms with E-state index in [0.717, 1.165) is 12.2 Å². The predicted molar refractivity (Wildman–Crippen MR) is 58.6 cm³/mol. The maximum Gasteiger partial charge on any atom is 0.123 e. The molecule has 0 bridgehead atoms. The largest absolute Gasteiger partial charge is 0.487 e. The molecule has 1 heteroatoms. The number of fused-ring (bicyclic) bond motifs is 1. The van der Waals surface area contributed by atoms with Gasteiger partial charge in [-0.25, -0.2) is 0 Å². The van der Waals surface area contributed by atoms with E-state index in [1.807, 2.05) is 6.07 Å². The maximum absolute atomic E-state index is 6.02. The van der Waals surface area contributed by atoms with Crippen molar-refractivity contribution < 1.29 is 4.74 Å². The number of hydrogen-bond acceptors (Lipinski definition) is 1. The molecule has 1 aliphatic heterocycles. The van der Waals surface area contributed by atoms with E-state index in [9.17, 15) is 0 Å². The van der Waals surface area contributed by atoms with Gasteiger partial charge in [-0.2, -0.15) is 0 Å². The fourth-order valence-electron chi connectivity index (χ4n) is 2.29. The molecule has 0 aromatic heterocycles. The molecule has 0 spiro atoms. The van der Waals surface area contributed by atoms with Crippen molar-refractivity contribution in [2.75, 3.05) is 0 Å². The van der Waals surface area contributed by atoms with Gasteiger partial charge < -0.3 is 4.74 Å². The van der Waals surface area contributed by atoms with Crippen LogP contribution in [-0.2, 0) is 6.42 Å². The van der Waals surface area contributed by atoms with E-state index in [1.54, 1.807) is 0 Å². The third kappa shape index (κ3) is 1.52. The number of ether oxygens (including phenoxy) is 1. The Morgan fingerprint density at radius 2 is 2.07 bits per heavy atom. The van der Waals surface area contributed by atoms with Gasteiger partial charge in [0.25, 0.3) is 0 Å². The van der Waals surface area contributed by atoms with Crippen molar-refractivity contribution in [3.63, 3.8) is 0 Å². The van der Waals surface area contributed by atoms with Crippen LogP contribution in [0.3, 0.4) is 0 Å². The molecule has 0 unspecified atom stereocenters. The van der Waals surface area contributed by atoms with E-state index in [1.165, 1.54) is 12.0 Å². The van der Waals surface area contributed by atoms with Crippen LogP contribution in [-0.4, -0.2) is 5.60 Å². The van der Waals surface area contributed by atoms with Crippen LogP contribution >= 0.6 is 0 Å². The van der Waals surface area contributed by atoms with Crippen LogP contribution in [0.2, 0.25) is 0 Å². The molecule has 0 saturated heterocycles. The first-order valence-electron chi connectivity index (χ1n) is 5.40. The molecular formula is C13H18O. The SMILES string of the molecule is CC[C@H]1Cc2ccccc2OC1(C)C. The molecule has 0 N–H and O–H groups in total. The van der Waals surface area contributed by atoms with Gasteiger partial charge in [-0.15, -0.1) is 0 Å². The van der Waals surface area contributed by atoms with E-state index in [4.69, 9.17) is 4.74 Å². The van der Waals surface area contributed by atoms with Crippen molar-refractivity contribution >= 4 is 0 Å². The average molecular weight is 190 g/mol. The minimum atomic E-state index is -0.0108. The number of rotatable bonds is 1. The Morgan fingerprint density at radius 3 is 2.79 bits per heavy atom. The summed E-state index contributed by atoms with van der Waals surface area (Å²) < 4.78 is 6.02. The summed E-state index contributed by atoms with van der Waals surface area (Å²) in [6.45, 7) is 6.62. The van der Waals surface area contributed by atoms with Gasteiger partial charge >= 0.3 is 0 Å². The van der Waals surface area contributed by atoms with Crippen LogP contribution in [0.15, 0.2) is 24.3 Å². The Morgan fingerprint density at radius 1 is 1.36 bits per heavy atom. The molecule has 1 aromatic carbocycles. The Labute approximate surface area is 86.1 Å². The molecule has 0 fully saturated rings. The predicted octanol–water partition coefficient (Wildman–Crippen LogP) is 3.43. The lowest BCUT2D eigenvalue weighted by atomic mass is 9.81. The van der Waals surface area contributed by atoms with Gasteiger partial charge in [-0.05, 0) is 38.3 Å². The van der Waals surface area contributed by atoms with E-state index < -0.39 is 0 Å². The van der Waals surface area contributed by atoms with Gasteiger partial charge in [0.05, 0.1) is 0 Å². The normalized spacial score (nSPS) is 23.8. The lowest BCUT2D eigenvalue weighted by Crippen LogP contribution is -2.41. The molecule has 1 atom stereocenters. The molecule has 76 valence electrons. The van der Waals surface area contributed by atoms with Gasteiger partial charge in [-0.1, -0.05) is 25.1 Å². The first-order valence-corrected chi connectivity index (χ1v) is 5.40. The summed E-state index contributed by atoms with van der Waals surface area (Å²) in [5.41, 5.74) is 1.35. The van der Waals surface area contributed by atoms with Crippen molar-refractivity contribution in [2.24, 2.45) is 5.92 Å². The molecule has 1 heterocycles. The lowest BCUT2D eigenvalue weighted by molar-refractivity contribution is 0.0251. The zero-order valence-electron chi connectivity index (χ0n) is 9.21. The van der Waals surface area contributed by atoms with Crippen LogP contribution in [0.4, 0.5) is 0 Å². The number of benzene rings is 1. The first-order chi connectivity index (χ1) is 6.63. The van der Waals surface area contributed by atoms with E-state index in [0.29, 0.717) is 5.92 Å². The number of para-hydroxylation sites is 1. The van der Waals surface area contributed by atoms with Crippen molar-refractivity contribution in [3.05, 3.63) is 29.8 Å². The summed E-state index contributed by atoms with van der Waals surface area (Å²) in [5, 5.41) is 0. The zero-order chi connectivity index (χ0) is 10.2. The van der Waals surface area contributed by atoms with E-state index >= 15 is 0 Å². The molecule has 14 heavy (non-hydrogen) atoms. The summed E-state index contributed by atoms with van der Waals surface area (Å²) in [6, 6.07) is 8.38. The van der Waals surface area contributed by atoms with Crippen molar-refractivity contribution in [1.82, 2.24) is 0 Å². The third-order valence-electron chi connectivity index (χ3n) is 3.29. The Bertz CT molecular complexity index is 328. The average Bonchev–Trinajstić information content (AvgIpc) is 2.15. The topological polar surface area (TPSA) is 9.23 Å².